The highest BCUT2D eigenvalue weighted by Gasteiger charge is 2.23. The highest BCUT2D eigenvalue weighted by Crippen LogP contribution is 2.39. The van der Waals surface area contributed by atoms with Crippen LogP contribution in [0, 0.1) is 0 Å². The second-order valence-corrected chi connectivity index (χ2v) is 7.59. The highest BCUT2D eigenvalue weighted by molar-refractivity contribution is 5.85. The number of nitrogens with zero attached hydrogens (tertiary/aromatic N) is 4. The number of hydrogen-bond donors (Lipinski definition) is 1. The highest BCUT2D eigenvalue weighted by atomic mass is 16.5. The normalized spacial score (nSPS) is 11.1. The molecule has 5 aromatic rings. The summed E-state index contributed by atoms with van der Waals surface area (Å²) in [5.74, 6) is 2.37. The van der Waals surface area contributed by atoms with E-state index in [4.69, 9.17) is 24.6 Å². The Morgan fingerprint density at radius 3 is 2.37 bits per heavy atom. The number of nitrogens with two attached hydrogens (primary N) is 1. The third kappa shape index (κ3) is 4.37. The molecule has 2 N–H and O–H groups in total. The maximum absolute atomic E-state index is 6.26. The van der Waals surface area contributed by atoms with Gasteiger partial charge in [-0.2, -0.15) is 0 Å². The van der Waals surface area contributed by atoms with Crippen LogP contribution in [-0.2, 0) is 0 Å². The Morgan fingerprint density at radius 2 is 1.66 bits per heavy atom. The van der Waals surface area contributed by atoms with Crippen LogP contribution in [-0.4, -0.2) is 35.0 Å². The zero-order chi connectivity index (χ0) is 24.2. The molecule has 2 aromatic heterocycles. The van der Waals surface area contributed by atoms with Crippen LogP contribution in [0.1, 0.15) is 5.56 Å². The number of rotatable bonds is 7. The lowest BCUT2D eigenvalue weighted by atomic mass is 10.2. The number of imidazole rings is 1. The van der Waals surface area contributed by atoms with Crippen LogP contribution >= 0.6 is 0 Å². The molecule has 0 aliphatic heterocycles. The van der Waals surface area contributed by atoms with E-state index in [0.29, 0.717) is 34.6 Å². The van der Waals surface area contributed by atoms with Gasteiger partial charge in [-0.3, -0.25) is 4.57 Å². The van der Waals surface area contributed by atoms with Crippen molar-refractivity contribution in [3.8, 4) is 40.0 Å². The molecule has 0 bridgehead atoms. The molecule has 0 spiro atoms. The summed E-state index contributed by atoms with van der Waals surface area (Å²) in [4.78, 5) is 14.1. The van der Waals surface area contributed by atoms with Crippen LogP contribution in [0.4, 0.5) is 11.7 Å². The fourth-order valence-corrected chi connectivity index (χ4v) is 3.67. The van der Waals surface area contributed by atoms with Crippen molar-refractivity contribution >= 4 is 17.9 Å². The largest absolute Gasteiger partial charge is 0.497 e. The van der Waals surface area contributed by atoms with Crippen molar-refractivity contribution in [3.63, 3.8) is 0 Å². The quantitative estimate of drug-likeness (QED) is 0.317. The van der Waals surface area contributed by atoms with Crippen molar-refractivity contribution in [3.05, 3.63) is 90.8 Å². The van der Waals surface area contributed by atoms with Gasteiger partial charge in [-0.25, -0.2) is 15.0 Å². The minimum atomic E-state index is 0.159. The van der Waals surface area contributed by atoms with Crippen LogP contribution in [0.5, 0.6) is 11.5 Å². The van der Waals surface area contributed by atoms with Gasteiger partial charge in [-0.1, -0.05) is 48.5 Å². The average Bonchev–Trinajstić information content (AvgIpc) is 3.51. The van der Waals surface area contributed by atoms with Crippen LogP contribution < -0.4 is 15.2 Å². The van der Waals surface area contributed by atoms with E-state index < -0.39 is 0 Å². The molecule has 0 amide bonds. The van der Waals surface area contributed by atoms with E-state index in [9.17, 15) is 0 Å². The van der Waals surface area contributed by atoms with Crippen molar-refractivity contribution in [1.82, 2.24) is 14.5 Å². The third-order valence-corrected chi connectivity index (χ3v) is 5.42. The van der Waals surface area contributed by atoms with Gasteiger partial charge in [0.25, 0.3) is 0 Å². The van der Waals surface area contributed by atoms with Gasteiger partial charge in [0.2, 0.25) is 11.8 Å². The zero-order valence-corrected chi connectivity index (χ0v) is 19.3. The molecule has 35 heavy (non-hydrogen) atoms. The molecule has 0 aliphatic rings. The van der Waals surface area contributed by atoms with Gasteiger partial charge in [0.1, 0.15) is 23.5 Å². The molecule has 0 unspecified atom stereocenters. The average molecular weight is 466 g/mol. The number of aliphatic imine (C=N–C) groups is 1. The van der Waals surface area contributed by atoms with Gasteiger partial charge < -0.3 is 19.6 Å². The van der Waals surface area contributed by atoms with Gasteiger partial charge in [0.15, 0.2) is 11.5 Å². The fraction of sp³-hybridized carbons (Fsp3) is 0.0741. The predicted molar refractivity (Wildman–Crippen MR) is 136 cm³/mol. The molecule has 0 radical (unpaired) electrons. The fourth-order valence-electron chi connectivity index (χ4n) is 3.67. The summed E-state index contributed by atoms with van der Waals surface area (Å²) in [5, 5.41) is 0. The topological polar surface area (TPSA) is 101 Å². The summed E-state index contributed by atoms with van der Waals surface area (Å²) >= 11 is 0. The van der Waals surface area contributed by atoms with Gasteiger partial charge in [0, 0.05) is 17.8 Å². The standard InChI is InChI=1S/C27H23N5O3/c1-33-20-13-14-21(22(15-20)34-2)32-17-30-24(26(32)29-16-18-9-5-3-6-10-18)23-25(28)35-27(31-23)19-11-7-4-8-12-19/h3-17H,28H2,1-2H3/b29-16+. The third-order valence-electron chi connectivity index (χ3n) is 5.42. The maximum Gasteiger partial charge on any atom is 0.229 e. The Balaban J connectivity index is 1.66. The Morgan fingerprint density at radius 1 is 0.914 bits per heavy atom. The van der Waals surface area contributed by atoms with Crippen molar-refractivity contribution in [1.29, 1.82) is 0 Å². The molecule has 0 atom stereocenters. The Hall–Kier alpha value is -4.85. The summed E-state index contributed by atoms with van der Waals surface area (Å²) in [7, 11) is 3.21. The first-order valence-electron chi connectivity index (χ1n) is 10.9. The Kier molecular flexibility index (Phi) is 6.00. The van der Waals surface area contributed by atoms with Gasteiger partial charge >= 0.3 is 0 Å². The maximum atomic E-state index is 6.26. The minimum absolute atomic E-state index is 0.159. The molecule has 8 heteroatoms. The SMILES string of the molecule is COc1ccc(-n2cnc(-c3nc(-c4ccccc4)oc3N)c2/N=C/c2ccccc2)c(OC)c1. The number of nitrogen functional groups attached to an aromatic ring is 1. The first-order valence-corrected chi connectivity index (χ1v) is 10.9. The van der Waals surface area contributed by atoms with E-state index in [1.807, 2.05) is 77.4 Å². The number of oxazole rings is 1. The number of methoxy groups -OCH3 is 2. The summed E-state index contributed by atoms with van der Waals surface area (Å²) in [6.07, 6.45) is 3.43. The van der Waals surface area contributed by atoms with Crippen LogP contribution in [0.2, 0.25) is 0 Å². The molecule has 174 valence electrons. The lowest BCUT2D eigenvalue weighted by Gasteiger charge is -2.12. The molecule has 3 aromatic carbocycles. The Labute approximate surface area is 202 Å². The predicted octanol–water partition coefficient (Wildman–Crippen LogP) is 5.54. The summed E-state index contributed by atoms with van der Waals surface area (Å²) in [5.41, 5.74) is 9.64. The van der Waals surface area contributed by atoms with Crippen molar-refractivity contribution in [2.45, 2.75) is 0 Å². The lowest BCUT2D eigenvalue weighted by molar-refractivity contribution is 0.393. The van der Waals surface area contributed by atoms with E-state index in [1.165, 1.54) is 0 Å². The van der Waals surface area contributed by atoms with Gasteiger partial charge in [-0.05, 0) is 29.8 Å². The number of aromatic nitrogens is 3. The minimum Gasteiger partial charge on any atom is -0.497 e. The second-order valence-electron chi connectivity index (χ2n) is 7.59. The first kappa shape index (κ1) is 22.0. The number of anilines is 1. The van der Waals surface area contributed by atoms with Gasteiger partial charge in [0.05, 0.1) is 19.9 Å². The van der Waals surface area contributed by atoms with E-state index in [1.54, 1.807) is 32.8 Å². The van der Waals surface area contributed by atoms with E-state index >= 15 is 0 Å². The lowest BCUT2D eigenvalue weighted by Crippen LogP contribution is -1.98. The second kappa shape index (κ2) is 9.56. The van der Waals surface area contributed by atoms with E-state index in [2.05, 4.69) is 9.97 Å². The van der Waals surface area contributed by atoms with Gasteiger partial charge in [-0.15, -0.1) is 0 Å². The van der Waals surface area contributed by atoms with E-state index in [-0.39, 0.29) is 5.88 Å². The summed E-state index contributed by atoms with van der Waals surface area (Å²) < 4.78 is 18.6. The number of benzene rings is 3. The van der Waals surface area contributed by atoms with Crippen LogP contribution in [0.25, 0.3) is 28.5 Å². The van der Waals surface area contributed by atoms with Crippen molar-refractivity contribution in [2.75, 3.05) is 20.0 Å². The molecular formula is C27H23N5O3. The van der Waals surface area contributed by atoms with Crippen LogP contribution in [0.15, 0.2) is 94.6 Å². The van der Waals surface area contributed by atoms with E-state index in [0.717, 1.165) is 16.8 Å². The number of hydrogen-bond acceptors (Lipinski definition) is 7. The summed E-state index contributed by atoms with van der Waals surface area (Å²) in [6, 6.07) is 24.9. The van der Waals surface area contributed by atoms with Crippen LogP contribution in [0.3, 0.4) is 0 Å². The molecule has 2 heterocycles. The smallest absolute Gasteiger partial charge is 0.229 e. The zero-order valence-electron chi connectivity index (χ0n) is 19.3. The van der Waals surface area contributed by atoms with Crippen molar-refractivity contribution < 1.29 is 13.9 Å². The molecule has 0 saturated carbocycles. The molecule has 8 nitrogen and oxygen atoms in total. The summed E-state index contributed by atoms with van der Waals surface area (Å²) in [6.45, 7) is 0. The molecule has 0 fully saturated rings. The van der Waals surface area contributed by atoms with Crippen molar-refractivity contribution in [2.24, 2.45) is 4.99 Å². The monoisotopic (exact) mass is 465 g/mol. The molecule has 5 rings (SSSR count). The Bertz CT molecular complexity index is 1470. The molecular weight excluding hydrogens is 442 g/mol. The first-order chi connectivity index (χ1) is 17.2. The molecule has 0 aliphatic carbocycles. The molecule has 0 saturated heterocycles. The number of ether oxygens (including phenoxy) is 2.